The van der Waals surface area contributed by atoms with Gasteiger partial charge >= 0.3 is 0 Å². The Morgan fingerprint density at radius 3 is 2.96 bits per heavy atom. The van der Waals surface area contributed by atoms with E-state index in [-0.39, 0.29) is 17.8 Å². The molecule has 4 heteroatoms. The molecule has 1 aromatic heterocycles. The number of fused-ring (bicyclic) bond motifs is 3. The Balaban J connectivity index is 1.54. The second-order valence-electron chi connectivity index (χ2n) is 6.55. The van der Waals surface area contributed by atoms with Gasteiger partial charge < -0.3 is 10.3 Å². The van der Waals surface area contributed by atoms with Crippen LogP contribution in [-0.2, 0) is 12.8 Å². The summed E-state index contributed by atoms with van der Waals surface area (Å²) in [7, 11) is 0. The Hall–Kier alpha value is -2.62. The number of hydrogen-bond donors (Lipinski definition) is 2. The molecule has 2 aromatic carbocycles. The largest absolute Gasteiger partial charge is 0.358 e. The molecule has 1 unspecified atom stereocenters. The summed E-state index contributed by atoms with van der Waals surface area (Å²) < 4.78 is 13.3. The number of carbonyl (C=O) groups excluding carboxylic acids is 1. The molecule has 0 saturated carbocycles. The minimum Gasteiger partial charge on any atom is -0.358 e. The number of aromatic amines is 1. The highest BCUT2D eigenvalue weighted by Gasteiger charge is 2.24. The smallest absolute Gasteiger partial charge is 0.251 e. The highest BCUT2D eigenvalue weighted by Crippen LogP contribution is 2.30. The van der Waals surface area contributed by atoms with Gasteiger partial charge in [-0.2, -0.15) is 0 Å². The number of H-pyrrole nitrogens is 1. The topological polar surface area (TPSA) is 44.9 Å². The minimum atomic E-state index is -0.389. The van der Waals surface area contributed by atoms with Crippen molar-refractivity contribution < 1.29 is 9.18 Å². The lowest BCUT2D eigenvalue weighted by molar-refractivity contribution is 0.0933. The molecule has 0 fully saturated rings. The van der Waals surface area contributed by atoms with E-state index >= 15 is 0 Å². The zero-order valence-electron chi connectivity index (χ0n) is 13.5. The van der Waals surface area contributed by atoms with E-state index in [1.165, 1.54) is 34.3 Å². The van der Waals surface area contributed by atoms with Gasteiger partial charge in [0, 0.05) is 34.6 Å². The summed E-state index contributed by atoms with van der Waals surface area (Å²) >= 11 is 0. The zero-order valence-corrected chi connectivity index (χ0v) is 13.5. The third kappa shape index (κ3) is 2.68. The normalized spacial score (nSPS) is 16.8. The average Bonchev–Trinajstić information content (AvgIpc) is 2.92. The van der Waals surface area contributed by atoms with Gasteiger partial charge in [0.15, 0.2) is 0 Å². The van der Waals surface area contributed by atoms with E-state index in [2.05, 4.69) is 35.4 Å². The number of hydrogen-bond acceptors (Lipinski definition) is 1. The number of rotatable bonds is 2. The Morgan fingerprint density at radius 2 is 2.12 bits per heavy atom. The zero-order chi connectivity index (χ0) is 16.7. The molecule has 0 saturated heterocycles. The number of amides is 1. The molecule has 1 heterocycles. The van der Waals surface area contributed by atoms with Crippen LogP contribution in [0.2, 0.25) is 0 Å². The molecule has 1 amide bonds. The van der Waals surface area contributed by atoms with Crippen LogP contribution < -0.4 is 5.32 Å². The second kappa shape index (κ2) is 5.78. The maximum Gasteiger partial charge on any atom is 0.251 e. The molecule has 1 aliphatic rings. The number of carbonyl (C=O) groups is 1. The Labute approximate surface area is 139 Å². The van der Waals surface area contributed by atoms with E-state index in [0.29, 0.717) is 5.56 Å². The Bertz CT molecular complexity index is 929. The lowest BCUT2D eigenvalue weighted by atomic mass is 9.91. The Kier molecular flexibility index (Phi) is 3.60. The van der Waals surface area contributed by atoms with Crippen molar-refractivity contribution in [3.63, 3.8) is 0 Å². The first-order valence-electron chi connectivity index (χ1n) is 8.26. The average molecular weight is 322 g/mol. The summed E-state index contributed by atoms with van der Waals surface area (Å²) in [6.45, 7) is 2.10. The maximum absolute atomic E-state index is 13.3. The van der Waals surface area contributed by atoms with Gasteiger partial charge in [-0.25, -0.2) is 4.39 Å². The van der Waals surface area contributed by atoms with E-state index in [1.807, 2.05) is 0 Å². The molecule has 0 radical (unpaired) electrons. The molecule has 3 nitrogen and oxygen atoms in total. The van der Waals surface area contributed by atoms with Gasteiger partial charge in [-0.05, 0) is 55.7 Å². The number of benzene rings is 2. The van der Waals surface area contributed by atoms with Gasteiger partial charge in [0.05, 0.1) is 0 Å². The molecule has 122 valence electrons. The van der Waals surface area contributed by atoms with Crippen molar-refractivity contribution in [2.75, 3.05) is 0 Å². The molecule has 3 aromatic rings. The molecule has 0 bridgehead atoms. The van der Waals surface area contributed by atoms with Gasteiger partial charge in [0.2, 0.25) is 0 Å². The van der Waals surface area contributed by atoms with E-state index in [9.17, 15) is 9.18 Å². The standard InChI is InChI=1S/C20H19FN2O/c1-12-5-8-18-17(9-12)16-7-6-15(11-19(16)23-18)22-20(24)13-3-2-4-14(21)10-13/h2-5,8-10,15,23H,6-7,11H2,1H3,(H,22,24). The summed E-state index contributed by atoms with van der Waals surface area (Å²) in [6.07, 6.45) is 2.62. The summed E-state index contributed by atoms with van der Waals surface area (Å²) in [5.41, 5.74) is 5.35. The minimum absolute atomic E-state index is 0.0717. The summed E-state index contributed by atoms with van der Waals surface area (Å²) in [4.78, 5) is 15.8. The molecule has 4 rings (SSSR count). The fourth-order valence-corrected chi connectivity index (χ4v) is 3.57. The number of nitrogens with one attached hydrogen (secondary N) is 2. The van der Waals surface area contributed by atoms with Crippen molar-refractivity contribution in [3.05, 3.63) is 70.7 Å². The molecule has 1 atom stereocenters. The van der Waals surface area contributed by atoms with Crippen molar-refractivity contribution >= 4 is 16.8 Å². The molecular weight excluding hydrogens is 303 g/mol. The second-order valence-corrected chi connectivity index (χ2v) is 6.55. The highest BCUT2D eigenvalue weighted by atomic mass is 19.1. The van der Waals surface area contributed by atoms with Crippen LogP contribution in [-0.4, -0.2) is 16.9 Å². The molecular formula is C20H19FN2O. The molecule has 0 spiro atoms. The molecule has 1 aliphatic carbocycles. The highest BCUT2D eigenvalue weighted by molar-refractivity contribution is 5.94. The first-order valence-corrected chi connectivity index (χ1v) is 8.26. The van der Waals surface area contributed by atoms with Crippen molar-refractivity contribution in [3.8, 4) is 0 Å². The van der Waals surface area contributed by atoms with Crippen LogP contribution >= 0.6 is 0 Å². The number of aromatic nitrogens is 1. The summed E-state index contributed by atoms with van der Waals surface area (Å²) in [5, 5.41) is 4.32. The quantitative estimate of drug-likeness (QED) is 0.738. The van der Waals surface area contributed by atoms with E-state index in [4.69, 9.17) is 0 Å². The summed E-state index contributed by atoms with van der Waals surface area (Å²) in [6, 6.07) is 12.3. The first-order chi connectivity index (χ1) is 11.6. The van der Waals surface area contributed by atoms with Crippen LogP contribution in [0.5, 0.6) is 0 Å². The third-order valence-corrected chi connectivity index (χ3v) is 4.77. The van der Waals surface area contributed by atoms with Gasteiger partial charge in [0.1, 0.15) is 5.82 Å². The summed E-state index contributed by atoms with van der Waals surface area (Å²) in [5.74, 6) is -0.602. The Morgan fingerprint density at radius 1 is 1.25 bits per heavy atom. The fraction of sp³-hybridized carbons (Fsp3) is 0.250. The predicted molar refractivity (Wildman–Crippen MR) is 92.7 cm³/mol. The third-order valence-electron chi connectivity index (χ3n) is 4.77. The number of halogens is 1. The lowest BCUT2D eigenvalue weighted by Gasteiger charge is -2.23. The van der Waals surface area contributed by atoms with Crippen LogP contribution in [0, 0.1) is 12.7 Å². The van der Waals surface area contributed by atoms with Crippen LogP contribution in [0.3, 0.4) is 0 Å². The molecule has 24 heavy (non-hydrogen) atoms. The first kappa shape index (κ1) is 14.9. The van der Waals surface area contributed by atoms with Gasteiger partial charge in [-0.1, -0.05) is 17.7 Å². The van der Waals surface area contributed by atoms with Crippen molar-refractivity contribution in [1.29, 1.82) is 0 Å². The number of aryl methyl sites for hydroxylation is 2. The van der Waals surface area contributed by atoms with Gasteiger partial charge in [-0.15, -0.1) is 0 Å². The maximum atomic E-state index is 13.3. The van der Waals surface area contributed by atoms with E-state index in [0.717, 1.165) is 24.8 Å². The van der Waals surface area contributed by atoms with Crippen molar-refractivity contribution in [2.45, 2.75) is 32.2 Å². The predicted octanol–water partition coefficient (Wildman–Crippen LogP) is 3.90. The van der Waals surface area contributed by atoms with Crippen LogP contribution in [0.25, 0.3) is 10.9 Å². The molecule has 2 N–H and O–H groups in total. The van der Waals surface area contributed by atoms with Crippen molar-refractivity contribution in [2.24, 2.45) is 0 Å². The molecule has 0 aliphatic heterocycles. The monoisotopic (exact) mass is 322 g/mol. The van der Waals surface area contributed by atoms with Crippen molar-refractivity contribution in [1.82, 2.24) is 10.3 Å². The van der Waals surface area contributed by atoms with E-state index < -0.39 is 0 Å². The van der Waals surface area contributed by atoms with Crippen LogP contribution in [0.15, 0.2) is 42.5 Å². The van der Waals surface area contributed by atoms with Gasteiger partial charge in [0.25, 0.3) is 5.91 Å². The fourth-order valence-electron chi connectivity index (χ4n) is 3.57. The van der Waals surface area contributed by atoms with Crippen LogP contribution in [0.4, 0.5) is 4.39 Å². The SMILES string of the molecule is Cc1ccc2[nH]c3c(c2c1)CCC(NC(=O)c1cccc(F)c1)C3. The lowest BCUT2D eigenvalue weighted by Crippen LogP contribution is -2.38. The van der Waals surface area contributed by atoms with E-state index in [1.54, 1.807) is 12.1 Å². The van der Waals surface area contributed by atoms with Crippen LogP contribution in [0.1, 0.15) is 33.6 Å². The van der Waals surface area contributed by atoms with Gasteiger partial charge in [-0.3, -0.25) is 4.79 Å².